The molecule has 98 valence electrons. The van der Waals surface area contributed by atoms with Crippen LogP contribution in [0.15, 0.2) is 12.1 Å². The van der Waals surface area contributed by atoms with Crippen LogP contribution in [0.4, 0.5) is 14.5 Å². The van der Waals surface area contributed by atoms with Crippen LogP contribution in [0, 0.1) is 27.7 Å². The molecule has 0 saturated heterocycles. The molecular formula is C11H12F2N2O3. The van der Waals surface area contributed by atoms with E-state index in [1.165, 1.54) is 0 Å². The zero-order valence-corrected chi connectivity index (χ0v) is 9.44. The first-order chi connectivity index (χ1) is 8.51. The van der Waals surface area contributed by atoms with Crippen molar-refractivity contribution in [1.82, 2.24) is 0 Å². The van der Waals surface area contributed by atoms with Gasteiger partial charge in [0.25, 0.3) is 5.69 Å². The minimum Gasteiger partial charge on any atom is -0.484 e. The first-order valence-corrected chi connectivity index (χ1v) is 5.51. The second kappa shape index (κ2) is 4.85. The number of nitrogens with zero attached hydrogens (tertiary/aromatic N) is 1. The maximum atomic E-state index is 13.5. The van der Waals surface area contributed by atoms with Crippen molar-refractivity contribution in [3.8, 4) is 5.75 Å². The second-order valence-electron chi connectivity index (χ2n) is 4.31. The minimum absolute atomic E-state index is 0.274. The Balaban J connectivity index is 2.12. The highest BCUT2D eigenvalue weighted by atomic mass is 19.1. The first-order valence-electron chi connectivity index (χ1n) is 5.51. The number of halogens is 2. The van der Waals surface area contributed by atoms with Gasteiger partial charge in [0, 0.05) is 0 Å². The summed E-state index contributed by atoms with van der Waals surface area (Å²) in [5.41, 5.74) is 4.79. The third-order valence-electron chi connectivity index (χ3n) is 3.00. The highest BCUT2D eigenvalue weighted by Gasteiger charge is 2.31. The van der Waals surface area contributed by atoms with Crippen molar-refractivity contribution >= 4 is 5.69 Å². The monoisotopic (exact) mass is 258 g/mol. The molecule has 0 amide bonds. The summed E-state index contributed by atoms with van der Waals surface area (Å²) in [6.07, 6.45) is 1.02. The van der Waals surface area contributed by atoms with E-state index in [1.54, 1.807) is 0 Å². The van der Waals surface area contributed by atoms with Gasteiger partial charge in [0.05, 0.1) is 23.2 Å². The fourth-order valence-corrected chi connectivity index (χ4v) is 1.89. The van der Waals surface area contributed by atoms with Crippen LogP contribution in [0.5, 0.6) is 5.75 Å². The van der Waals surface area contributed by atoms with Gasteiger partial charge in [-0.25, -0.2) is 8.78 Å². The molecule has 1 aliphatic carbocycles. The molecule has 1 saturated carbocycles. The number of benzene rings is 1. The molecular weight excluding hydrogens is 246 g/mol. The van der Waals surface area contributed by atoms with Crippen molar-refractivity contribution in [1.29, 1.82) is 0 Å². The van der Waals surface area contributed by atoms with E-state index in [4.69, 9.17) is 10.5 Å². The van der Waals surface area contributed by atoms with Crippen LogP contribution in [0.2, 0.25) is 0 Å². The van der Waals surface area contributed by atoms with Gasteiger partial charge in [-0.2, -0.15) is 0 Å². The molecule has 0 heterocycles. The number of nitrogens with two attached hydrogens (primary N) is 1. The zero-order valence-electron chi connectivity index (χ0n) is 9.44. The molecule has 5 nitrogen and oxygen atoms in total. The summed E-state index contributed by atoms with van der Waals surface area (Å²) in [4.78, 5) is 9.55. The molecule has 0 atom stereocenters. The largest absolute Gasteiger partial charge is 0.484 e. The topological polar surface area (TPSA) is 78.4 Å². The zero-order chi connectivity index (χ0) is 13.3. The molecule has 7 heteroatoms. The number of rotatable bonds is 4. The third kappa shape index (κ3) is 2.40. The van der Waals surface area contributed by atoms with Gasteiger partial charge in [-0.1, -0.05) is 0 Å². The van der Waals surface area contributed by atoms with Gasteiger partial charge in [-0.3, -0.25) is 10.1 Å². The maximum absolute atomic E-state index is 13.5. The Bertz CT molecular complexity index is 452. The summed E-state index contributed by atoms with van der Waals surface area (Å²) in [6.45, 7) is 0.519. The van der Waals surface area contributed by atoms with Crippen molar-refractivity contribution in [3.63, 3.8) is 0 Å². The predicted molar refractivity (Wildman–Crippen MR) is 59.2 cm³/mol. The van der Waals surface area contributed by atoms with Gasteiger partial charge in [-0.15, -0.1) is 0 Å². The average molecular weight is 258 g/mol. The maximum Gasteiger partial charge on any atom is 0.275 e. The Kier molecular flexibility index (Phi) is 3.42. The van der Waals surface area contributed by atoms with Crippen molar-refractivity contribution in [2.75, 3.05) is 6.54 Å². The van der Waals surface area contributed by atoms with Gasteiger partial charge >= 0.3 is 0 Å². The number of hydrogen-bond acceptors (Lipinski definition) is 4. The van der Waals surface area contributed by atoms with E-state index in [0.29, 0.717) is 37.4 Å². The molecule has 1 aliphatic rings. The Morgan fingerprint density at radius 3 is 2.39 bits per heavy atom. The lowest BCUT2D eigenvalue weighted by Gasteiger charge is -2.34. The molecule has 0 unspecified atom stereocenters. The number of ether oxygens (including phenoxy) is 1. The SMILES string of the molecule is NCC1CC(Oc2c(F)cc([N+](=O)[O-])cc2F)C1. The van der Waals surface area contributed by atoms with Gasteiger partial charge in [0.15, 0.2) is 17.4 Å². The van der Waals surface area contributed by atoms with Gasteiger partial charge in [0.2, 0.25) is 0 Å². The molecule has 1 fully saturated rings. The Morgan fingerprint density at radius 1 is 1.39 bits per heavy atom. The second-order valence-corrected chi connectivity index (χ2v) is 4.31. The molecule has 2 rings (SSSR count). The molecule has 0 bridgehead atoms. The molecule has 0 aliphatic heterocycles. The number of nitro groups is 1. The summed E-state index contributed by atoms with van der Waals surface area (Å²) in [5.74, 6) is -2.35. The van der Waals surface area contributed by atoms with E-state index in [1.807, 2.05) is 0 Å². The fourth-order valence-electron chi connectivity index (χ4n) is 1.89. The third-order valence-corrected chi connectivity index (χ3v) is 3.00. The summed E-state index contributed by atoms with van der Waals surface area (Å²) >= 11 is 0. The average Bonchev–Trinajstić information content (AvgIpc) is 2.25. The van der Waals surface area contributed by atoms with Crippen LogP contribution in [0.3, 0.4) is 0 Å². The van der Waals surface area contributed by atoms with E-state index in [-0.39, 0.29) is 6.10 Å². The van der Waals surface area contributed by atoms with Crippen molar-refractivity contribution in [2.45, 2.75) is 18.9 Å². The summed E-state index contributed by atoms with van der Waals surface area (Å²) in [7, 11) is 0. The van der Waals surface area contributed by atoms with Crippen LogP contribution < -0.4 is 10.5 Å². The van der Waals surface area contributed by atoms with E-state index >= 15 is 0 Å². The van der Waals surface area contributed by atoms with E-state index < -0.39 is 28.0 Å². The minimum atomic E-state index is -1.06. The van der Waals surface area contributed by atoms with Crippen LogP contribution in [-0.4, -0.2) is 17.6 Å². The van der Waals surface area contributed by atoms with Crippen LogP contribution in [-0.2, 0) is 0 Å². The molecule has 2 N–H and O–H groups in total. The van der Waals surface area contributed by atoms with E-state index in [9.17, 15) is 18.9 Å². The lowest BCUT2D eigenvalue weighted by Crippen LogP contribution is -2.38. The van der Waals surface area contributed by atoms with Crippen LogP contribution >= 0.6 is 0 Å². The first kappa shape index (κ1) is 12.7. The quantitative estimate of drug-likeness (QED) is 0.661. The lowest BCUT2D eigenvalue weighted by molar-refractivity contribution is -0.385. The molecule has 1 aromatic rings. The van der Waals surface area contributed by atoms with Gasteiger partial charge in [-0.05, 0) is 25.3 Å². The molecule has 0 aromatic heterocycles. The smallest absolute Gasteiger partial charge is 0.275 e. The van der Waals surface area contributed by atoms with Crippen LogP contribution in [0.25, 0.3) is 0 Å². The van der Waals surface area contributed by atoms with E-state index in [2.05, 4.69) is 0 Å². The molecule has 0 radical (unpaired) electrons. The van der Waals surface area contributed by atoms with E-state index in [0.717, 1.165) is 0 Å². The fraction of sp³-hybridized carbons (Fsp3) is 0.455. The summed E-state index contributed by atoms with van der Waals surface area (Å²) in [6, 6.07) is 1.30. The van der Waals surface area contributed by atoms with Crippen molar-refractivity contribution in [2.24, 2.45) is 11.7 Å². The summed E-state index contributed by atoms with van der Waals surface area (Å²) < 4.78 is 32.1. The number of non-ortho nitro benzene ring substituents is 1. The molecule has 18 heavy (non-hydrogen) atoms. The normalized spacial score (nSPS) is 22.4. The molecule has 1 aromatic carbocycles. The Morgan fingerprint density at radius 2 is 1.94 bits per heavy atom. The Hall–Kier alpha value is -1.76. The van der Waals surface area contributed by atoms with Crippen molar-refractivity contribution in [3.05, 3.63) is 33.9 Å². The highest BCUT2D eigenvalue weighted by molar-refractivity contribution is 5.39. The van der Waals surface area contributed by atoms with Crippen molar-refractivity contribution < 1.29 is 18.4 Å². The van der Waals surface area contributed by atoms with Crippen LogP contribution in [0.1, 0.15) is 12.8 Å². The highest BCUT2D eigenvalue weighted by Crippen LogP contribution is 2.34. The predicted octanol–water partition coefficient (Wildman–Crippen LogP) is 1.99. The summed E-state index contributed by atoms with van der Waals surface area (Å²) in [5, 5.41) is 10.4. The molecule has 0 spiro atoms. The van der Waals surface area contributed by atoms with Gasteiger partial charge in [0.1, 0.15) is 0 Å². The standard InChI is InChI=1S/C11H12F2N2O3/c12-9-3-7(15(16)17)4-10(13)11(9)18-8-1-6(2-8)5-14/h3-4,6,8H,1-2,5,14H2. The lowest BCUT2D eigenvalue weighted by atomic mass is 9.82. The van der Waals surface area contributed by atoms with Gasteiger partial charge < -0.3 is 10.5 Å². The Labute approximate surface area is 102 Å². The number of hydrogen-bond donors (Lipinski definition) is 1. The number of nitro benzene ring substituents is 1.